The van der Waals surface area contributed by atoms with E-state index >= 15 is 0 Å². The Labute approximate surface area is 227 Å². The molecule has 1 saturated heterocycles. The van der Waals surface area contributed by atoms with E-state index in [9.17, 15) is 19.2 Å². The second-order valence-electron chi connectivity index (χ2n) is 11.8. The molecule has 3 aliphatic rings. The second kappa shape index (κ2) is 11.9. The third kappa shape index (κ3) is 7.07. The summed E-state index contributed by atoms with van der Waals surface area (Å²) in [7, 11) is 0. The van der Waals surface area contributed by atoms with Crippen LogP contribution in [-0.4, -0.2) is 69.3 Å². The summed E-state index contributed by atoms with van der Waals surface area (Å²) in [5, 5.41) is 37.6. The van der Waals surface area contributed by atoms with E-state index in [1.54, 1.807) is 0 Å². The minimum Gasteiger partial charge on any atom is -0.481 e. The van der Waals surface area contributed by atoms with Crippen LogP contribution in [0.2, 0.25) is 0 Å². The number of carbonyl (C=O) groups is 4. The fraction of sp³-hybridized carbons (Fsp3) is 0.643. The van der Waals surface area contributed by atoms with Crippen molar-refractivity contribution in [2.45, 2.75) is 89.2 Å². The van der Waals surface area contributed by atoms with Gasteiger partial charge in [0.25, 0.3) is 0 Å². The van der Waals surface area contributed by atoms with Gasteiger partial charge in [-0.25, -0.2) is 4.79 Å². The Morgan fingerprint density at radius 1 is 1.03 bits per heavy atom. The maximum atomic E-state index is 11.9. The van der Waals surface area contributed by atoms with E-state index < -0.39 is 41.8 Å². The molecule has 1 saturated carbocycles. The normalized spacial score (nSPS) is 23.7. The van der Waals surface area contributed by atoms with E-state index in [1.807, 2.05) is 26.8 Å². The van der Waals surface area contributed by atoms with Gasteiger partial charge < -0.3 is 35.2 Å². The van der Waals surface area contributed by atoms with Gasteiger partial charge in [0.2, 0.25) is 6.79 Å². The van der Waals surface area contributed by atoms with Crippen molar-refractivity contribution in [2.24, 2.45) is 11.3 Å². The molecule has 3 atom stereocenters. The molecule has 5 N–H and O–H groups in total. The zero-order valence-electron chi connectivity index (χ0n) is 22.7. The van der Waals surface area contributed by atoms with Crippen LogP contribution >= 0.6 is 0 Å². The van der Waals surface area contributed by atoms with Crippen molar-refractivity contribution in [1.29, 1.82) is 0 Å². The predicted molar refractivity (Wildman–Crippen MR) is 138 cm³/mol. The molecule has 4 rings (SSSR count). The topological polar surface area (TPSA) is 180 Å². The molecule has 0 radical (unpaired) electrons. The van der Waals surface area contributed by atoms with Crippen LogP contribution in [0.15, 0.2) is 18.2 Å². The van der Waals surface area contributed by atoms with Crippen LogP contribution in [0.1, 0.15) is 76.8 Å². The number of piperidine rings is 1. The standard InChI is InChI=1S/C22H31NO3.C6H8O7/c1-21(2,3)20(24)26-14-25-16-8-7-15-12-19-17-6-4-5-9-22(17,10-11-23-19)18(15)13-16;7-3(8)1-6(13,5(11)12)2-4(9)10/h7-8,13,17,19,23H,4-6,9-12,14H2,1-3H3;13H,1-2H2,(H,7,8)(H,9,10)(H,11,12)/t17-,19+,22+;/m1./s1. The molecule has 0 spiro atoms. The summed E-state index contributed by atoms with van der Waals surface area (Å²) in [6.07, 6.45) is 5.39. The SMILES string of the molecule is CC(C)(C)C(=O)OCOc1ccc2c(c1)[C@]13CCCC[C@@H]1[C@H](C2)NCC3.O=C(O)CC(O)(CC(=O)O)C(=O)O. The minimum absolute atomic E-state index is 0.0184. The summed E-state index contributed by atoms with van der Waals surface area (Å²) in [4.78, 5) is 42.4. The van der Waals surface area contributed by atoms with E-state index in [4.69, 9.17) is 29.9 Å². The molecular weight excluding hydrogens is 510 g/mol. The number of fused-ring (bicyclic) bond motifs is 1. The fourth-order valence-corrected chi connectivity index (χ4v) is 6.07. The van der Waals surface area contributed by atoms with Crippen molar-refractivity contribution in [3.8, 4) is 5.75 Å². The highest BCUT2D eigenvalue weighted by molar-refractivity contribution is 5.88. The number of carboxylic acid groups (broad SMARTS) is 3. The molecule has 11 nitrogen and oxygen atoms in total. The number of rotatable bonds is 8. The smallest absolute Gasteiger partial charge is 0.336 e. The molecular formula is C28H39NO10. The average molecular weight is 550 g/mol. The molecule has 1 aromatic rings. The number of nitrogens with one attached hydrogen (secondary N) is 1. The Hall–Kier alpha value is -3.18. The number of esters is 1. The van der Waals surface area contributed by atoms with Crippen LogP contribution in [-0.2, 0) is 35.8 Å². The number of hydrogen-bond donors (Lipinski definition) is 5. The summed E-state index contributed by atoms with van der Waals surface area (Å²) in [6, 6.07) is 7.12. The Morgan fingerprint density at radius 2 is 1.69 bits per heavy atom. The highest BCUT2D eigenvalue weighted by atomic mass is 16.7. The van der Waals surface area contributed by atoms with Crippen molar-refractivity contribution < 1.29 is 49.1 Å². The monoisotopic (exact) mass is 549 g/mol. The molecule has 0 amide bonds. The number of aliphatic hydroxyl groups is 1. The zero-order chi connectivity index (χ0) is 29.0. The maximum absolute atomic E-state index is 11.9. The first-order valence-corrected chi connectivity index (χ1v) is 13.2. The molecule has 2 bridgehead atoms. The van der Waals surface area contributed by atoms with Gasteiger partial charge in [0.1, 0.15) is 5.75 Å². The van der Waals surface area contributed by atoms with Crippen LogP contribution in [0.4, 0.5) is 0 Å². The molecule has 2 fully saturated rings. The first kappa shape index (κ1) is 30.4. The van der Waals surface area contributed by atoms with E-state index in [-0.39, 0.29) is 12.8 Å². The Morgan fingerprint density at radius 3 is 2.28 bits per heavy atom. The van der Waals surface area contributed by atoms with Gasteiger partial charge >= 0.3 is 23.9 Å². The Bertz CT molecular complexity index is 1070. The lowest BCUT2D eigenvalue weighted by Crippen LogP contribution is -2.59. The van der Waals surface area contributed by atoms with E-state index in [1.165, 1.54) is 43.2 Å². The van der Waals surface area contributed by atoms with Crippen LogP contribution in [0.5, 0.6) is 5.75 Å². The van der Waals surface area contributed by atoms with Crippen LogP contribution in [0, 0.1) is 11.3 Å². The number of aliphatic carboxylic acids is 3. The van der Waals surface area contributed by atoms with Crippen LogP contribution in [0.25, 0.3) is 0 Å². The van der Waals surface area contributed by atoms with Gasteiger partial charge in [0.15, 0.2) is 5.60 Å². The summed E-state index contributed by atoms with van der Waals surface area (Å²) in [5.41, 5.74) is 0.0531. The number of hydrogen-bond acceptors (Lipinski definition) is 8. The first-order chi connectivity index (χ1) is 18.2. The van der Waals surface area contributed by atoms with Crippen molar-refractivity contribution >= 4 is 23.9 Å². The summed E-state index contributed by atoms with van der Waals surface area (Å²) < 4.78 is 11.1. The number of benzene rings is 1. The molecule has 11 heteroatoms. The third-order valence-corrected chi connectivity index (χ3v) is 7.93. The van der Waals surface area contributed by atoms with E-state index in [0.717, 1.165) is 24.6 Å². The van der Waals surface area contributed by atoms with Gasteiger partial charge in [0.05, 0.1) is 18.3 Å². The lowest BCUT2D eigenvalue weighted by molar-refractivity contribution is -0.170. The van der Waals surface area contributed by atoms with Crippen LogP contribution in [0.3, 0.4) is 0 Å². The third-order valence-electron chi connectivity index (χ3n) is 7.93. The summed E-state index contributed by atoms with van der Waals surface area (Å²) in [5.74, 6) is -3.68. The zero-order valence-corrected chi connectivity index (χ0v) is 22.7. The first-order valence-electron chi connectivity index (χ1n) is 13.2. The minimum atomic E-state index is -2.74. The van der Waals surface area contributed by atoms with Crippen molar-refractivity contribution in [3.63, 3.8) is 0 Å². The second-order valence-corrected chi connectivity index (χ2v) is 11.8. The van der Waals surface area contributed by atoms with E-state index in [0.29, 0.717) is 11.5 Å². The highest BCUT2D eigenvalue weighted by Gasteiger charge is 2.51. The van der Waals surface area contributed by atoms with Crippen molar-refractivity contribution in [1.82, 2.24) is 5.32 Å². The van der Waals surface area contributed by atoms with Gasteiger partial charge in [0, 0.05) is 11.5 Å². The molecule has 216 valence electrons. The average Bonchev–Trinajstić information content (AvgIpc) is 2.83. The quantitative estimate of drug-likeness (QED) is 0.238. The molecule has 0 unspecified atom stereocenters. The van der Waals surface area contributed by atoms with Gasteiger partial charge in [-0.15, -0.1) is 0 Å². The predicted octanol–water partition coefficient (Wildman–Crippen LogP) is 2.71. The van der Waals surface area contributed by atoms with E-state index in [2.05, 4.69) is 17.4 Å². The largest absolute Gasteiger partial charge is 0.481 e. The van der Waals surface area contributed by atoms with Gasteiger partial charge in [-0.3, -0.25) is 14.4 Å². The molecule has 1 heterocycles. The molecule has 39 heavy (non-hydrogen) atoms. The highest BCUT2D eigenvalue weighted by Crippen LogP contribution is 2.54. The number of carboxylic acids is 3. The summed E-state index contributed by atoms with van der Waals surface area (Å²) >= 11 is 0. The molecule has 2 aliphatic carbocycles. The molecule has 0 aromatic heterocycles. The fourth-order valence-electron chi connectivity index (χ4n) is 6.07. The van der Waals surface area contributed by atoms with Gasteiger partial charge in [-0.1, -0.05) is 18.9 Å². The Kier molecular flexibility index (Phi) is 9.27. The summed E-state index contributed by atoms with van der Waals surface area (Å²) in [6.45, 7) is 6.66. The molecule has 1 aromatic carbocycles. The number of carbonyl (C=O) groups excluding carboxylic acids is 1. The van der Waals surface area contributed by atoms with Crippen molar-refractivity contribution in [2.75, 3.05) is 13.3 Å². The molecule has 1 aliphatic heterocycles. The van der Waals surface area contributed by atoms with Gasteiger partial charge in [-0.2, -0.15) is 0 Å². The lowest BCUT2D eigenvalue weighted by Gasteiger charge is -2.56. The van der Waals surface area contributed by atoms with Crippen LogP contribution < -0.4 is 10.1 Å². The van der Waals surface area contributed by atoms with Crippen molar-refractivity contribution in [3.05, 3.63) is 29.3 Å². The van der Waals surface area contributed by atoms with Gasteiger partial charge in [-0.05, 0) is 82.2 Å². The Balaban J connectivity index is 0.000000276. The lowest BCUT2D eigenvalue weighted by atomic mass is 9.53. The maximum Gasteiger partial charge on any atom is 0.336 e. The number of ether oxygens (including phenoxy) is 2.